The Hall–Kier alpha value is -5.42. The lowest BCUT2D eigenvalue weighted by atomic mass is 10.1. The molecule has 1 aromatic carbocycles. The van der Waals surface area contributed by atoms with Crippen molar-refractivity contribution in [2.45, 2.75) is 12.1 Å². The van der Waals surface area contributed by atoms with E-state index in [0.29, 0.717) is 24.5 Å². The van der Waals surface area contributed by atoms with Crippen LogP contribution in [0.1, 0.15) is 16.1 Å². The summed E-state index contributed by atoms with van der Waals surface area (Å²) < 4.78 is 10.4. The molecule has 0 aliphatic carbocycles. The third kappa shape index (κ3) is 6.22. The SMILES string of the molecule is C=CCN(CC=C)c1cc(O)c2cc(C=NC(C#N)C(C#N)NC(=O)c3cc(OC)ccn3)c(=O)oc2c1. The maximum atomic E-state index is 12.6. The number of ether oxygens (including phenoxy) is 1. The number of aromatic hydroxyl groups is 1. The molecule has 2 unspecified atom stereocenters. The van der Waals surface area contributed by atoms with Crippen LogP contribution in [0.25, 0.3) is 11.0 Å². The highest BCUT2D eigenvalue weighted by atomic mass is 16.5. The molecular formula is C27H24N6O5. The van der Waals surface area contributed by atoms with Crippen LogP contribution in [0.2, 0.25) is 0 Å². The highest BCUT2D eigenvalue weighted by Gasteiger charge is 2.24. The van der Waals surface area contributed by atoms with Crippen LogP contribution in [-0.4, -0.2) is 54.5 Å². The van der Waals surface area contributed by atoms with Gasteiger partial charge < -0.3 is 24.5 Å². The number of amides is 1. The summed E-state index contributed by atoms with van der Waals surface area (Å²) in [5.41, 5.74) is -0.110. The number of phenolic OH excluding ortho intramolecular Hbond substituents is 1. The third-order valence-corrected chi connectivity index (χ3v) is 5.35. The first-order valence-corrected chi connectivity index (χ1v) is 11.3. The van der Waals surface area contributed by atoms with Crippen LogP contribution in [0.4, 0.5) is 5.69 Å². The first kappa shape index (κ1) is 27.2. The summed E-state index contributed by atoms with van der Waals surface area (Å²) in [6.07, 6.45) is 5.81. The van der Waals surface area contributed by atoms with Crippen molar-refractivity contribution in [1.29, 1.82) is 10.5 Å². The van der Waals surface area contributed by atoms with Crippen LogP contribution in [0.15, 0.2) is 76.0 Å². The second-order valence-electron chi connectivity index (χ2n) is 7.86. The fourth-order valence-electron chi connectivity index (χ4n) is 3.48. The van der Waals surface area contributed by atoms with Crippen LogP contribution < -0.4 is 20.6 Å². The van der Waals surface area contributed by atoms with E-state index in [0.717, 1.165) is 6.21 Å². The third-order valence-electron chi connectivity index (χ3n) is 5.35. The van der Waals surface area contributed by atoms with Gasteiger partial charge in [0, 0.05) is 49.4 Å². The number of hydrogen-bond acceptors (Lipinski definition) is 10. The number of nitrogens with one attached hydrogen (secondary N) is 1. The Kier molecular flexibility index (Phi) is 8.95. The first-order valence-electron chi connectivity index (χ1n) is 11.3. The molecule has 3 aromatic rings. The highest BCUT2D eigenvalue weighted by Crippen LogP contribution is 2.30. The molecule has 0 bridgehead atoms. The van der Waals surface area contributed by atoms with Crippen molar-refractivity contribution >= 4 is 28.8 Å². The molecule has 0 radical (unpaired) electrons. The van der Waals surface area contributed by atoms with Gasteiger partial charge in [-0.15, -0.1) is 13.2 Å². The van der Waals surface area contributed by atoms with Gasteiger partial charge in [-0.1, -0.05) is 12.2 Å². The van der Waals surface area contributed by atoms with Crippen LogP contribution in [0.3, 0.4) is 0 Å². The van der Waals surface area contributed by atoms with Gasteiger partial charge in [-0.3, -0.25) is 14.8 Å². The molecule has 0 fully saturated rings. The summed E-state index contributed by atoms with van der Waals surface area (Å²) in [5, 5.41) is 32.3. The topological polar surface area (TPSA) is 165 Å². The number of nitriles is 2. The number of aromatic nitrogens is 1. The molecule has 1 amide bonds. The van der Waals surface area contributed by atoms with Crippen molar-refractivity contribution < 1.29 is 19.1 Å². The number of carbonyl (C=O) groups is 1. The van der Waals surface area contributed by atoms with Crippen LogP contribution in [0.5, 0.6) is 11.5 Å². The van der Waals surface area contributed by atoms with Crippen molar-refractivity contribution in [3.05, 3.63) is 83.5 Å². The number of methoxy groups -OCH3 is 1. The molecule has 0 aliphatic heterocycles. The standard InChI is InChI=1S/C27H24N6O5/c1-4-8-33(9-5-2)18-11-24(34)20-10-17(27(36)38-25(20)12-18)16-31-22(14-28)23(15-29)32-26(35)21-13-19(37-3)6-7-30-21/h4-7,10-13,16,22-23,34H,1-2,8-9H2,3H3,(H,32,35). The Morgan fingerprint density at radius 1 is 1.26 bits per heavy atom. The molecule has 0 saturated carbocycles. The van der Waals surface area contributed by atoms with Crippen molar-refractivity contribution in [2.75, 3.05) is 25.1 Å². The van der Waals surface area contributed by atoms with Crippen LogP contribution >= 0.6 is 0 Å². The van der Waals surface area contributed by atoms with E-state index < -0.39 is 23.6 Å². The Bertz CT molecular complexity index is 1520. The predicted molar refractivity (Wildman–Crippen MR) is 141 cm³/mol. The van der Waals surface area contributed by atoms with Crippen LogP contribution in [-0.2, 0) is 0 Å². The van der Waals surface area contributed by atoms with Gasteiger partial charge >= 0.3 is 5.63 Å². The molecular weight excluding hydrogens is 488 g/mol. The van der Waals surface area contributed by atoms with Crippen LogP contribution in [0, 0.1) is 22.7 Å². The summed E-state index contributed by atoms with van der Waals surface area (Å²) in [6.45, 7) is 8.39. The second-order valence-corrected chi connectivity index (χ2v) is 7.86. The fourth-order valence-corrected chi connectivity index (χ4v) is 3.48. The molecule has 11 heteroatoms. The second kappa shape index (κ2) is 12.5. The molecule has 0 spiro atoms. The molecule has 2 atom stereocenters. The molecule has 2 heterocycles. The van der Waals surface area contributed by atoms with E-state index >= 15 is 0 Å². The zero-order valence-electron chi connectivity index (χ0n) is 20.5. The van der Waals surface area contributed by atoms with E-state index in [4.69, 9.17) is 9.15 Å². The number of hydrogen-bond donors (Lipinski definition) is 2. The van der Waals surface area contributed by atoms with E-state index in [-0.39, 0.29) is 28.0 Å². The minimum absolute atomic E-state index is 0.0185. The maximum absolute atomic E-state index is 12.6. The lowest BCUT2D eigenvalue weighted by Crippen LogP contribution is -2.41. The number of anilines is 1. The van der Waals surface area contributed by atoms with Gasteiger partial charge in [-0.05, 0) is 12.1 Å². The van der Waals surface area contributed by atoms with Crippen molar-refractivity contribution in [3.8, 4) is 23.6 Å². The van der Waals surface area contributed by atoms with Gasteiger partial charge in [0.2, 0.25) is 0 Å². The van der Waals surface area contributed by atoms with Crippen molar-refractivity contribution in [3.63, 3.8) is 0 Å². The van der Waals surface area contributed by atoms with Gasteiger partial charge in [0.15, 0.2) is 12.1 Å². The maximum Gasteiger partial charge on any atom is 0.345 e. The average Bonchev–Trinajstić information content (AvgIpc) is 2.92. The zero-order chi connectivity index (χ0) is 27.7. The summed E-state index contributed by atoms with van der Waals surface area (Å²) in [6, 6.07) is 8.36. The van der Waals surface area contributed by atoms with E-state index in [2.05, 4.69) is 28.5 Å². The monoisotopic (exact) mass is 512 g/mol. The zero-order valence-corrected chi connectivity index (χ0v) is 20.5. The summed E-state index contributed by atoms with van der Waals surface area (Å²) >= 11 is 0. The average molecular weight is 513 g/mol. The molecule has 0 aliphatic rings. The summed E-state index contributed by atoms with van der Waals surface area (Å²) in [7, 11) is 1.43. The Morgan fingerprint density at radius 2 is 2.00 bits per heavy atom. The highest BCUT2D eigenvalue weighted by molar-refractivity contribution is 5.93. The molecule has 2 aromatic heterocycles. The first-order chi connectivity index (χ1) is 18.3. The van der Waals surface area contributed by atoms with Gasteiger partial charge in [0.25, 0.3) is 5.91 Å². The number of phenols is 1. The largest absolute Gasteiger partial charge is 0.507 e. The molecule has 3 rings (SSSR count). The number of carbonyl (C=O) groups excluding carboxylic acids is 1. The number of rotatable bonds is 11. The number of benzene rings is 1. The molecule has 11 nitrogen and oxygen atoms in total. The van der Waals surface area contributed by atoms with Crippen molar-refractivity contribution in [1.82, 2.24) is 10.3 Å². The van der Waals surface area contributed by atoms with Gasteiger partial charge in [-0.2, -0.15) is 10.5 Å². The smallest absolute Gasteiger partial charge is 0.345 e. The lowest BCUT2D eigenvalue weighted by molar-refractivity contribution is 0.0938. The summed E-state index contributed by atoms with van der Waals surface area (Å²) in [4.78, 5) is 34.9. The number of pyridine rings is 1. The van der Waals surface area contributed by atoms with E-state index in [1.807, 2.05) is 17.0 Å². The van der Waals surface area contributed by atoms with E-state index in [1.165, 1.54) is 31.5 Å². The normalized spacial score (nSPS) is 12.2. The Morgan fingerprint density at radius 3 is 2.63 bits per heavy atom. The number of aliphatic imine (C=N–C) groups is 1. The number of nitrogens with zero attached hydrogens (tertiary/aromatic N) is 5. The molecule has 0 saturated heterocycles. The quantitative estimate of drug-likeness (QED) is 0.223. The fraction of sp³-hybridized carbons (Fsp3) is 0.185. The van der Waals surface area contributed by atoms with E-state index in [1.54, 1.807) is 24.3 Å². The molecule has 38 heavy (non-hydrogen) atoms. The Balaban J connectivity index is 1.87. The summed E-state index contributed by atoms with van der Waals surface area (Å²) in [5.74, 6) is -0.460. The predicted octanol–water partition coefficient (Wildman–Crippen LogP) is 2.71. The van der Waals surface area contributed by atoms with Crippen molar-refractivity contribution in [2.24, 2.45) is 4.99 Å². The molecule has 192 valence electrons. The van der Waals surface area contributed by atoms with Gasteiger partial charge in [0.05, 0.1) is 30.2 Å². The van der Waals surface area contributed by atoms with E-state index in [9.17, 15) is 25.2 Å². The minimum Gasteiger partial charge on any atom is -0.507 e. The lowest BCUT2D eigenvalue weighted by Gasteiger charge is -2.22. The van der Waals surface area contributed by atoms with Gasteiger partial charge in [-0.25, -0.2) is 4.79 Å². The Labute approximate surface area is 218 Å². The minimum atomic E-state index is -1.35. The molecule has 2 N–H and O–H groups in total. The van der Waals surface area contributed by atoms with Gasteiger partial charge in [0.1, 0.15) is 22.8 Å². The number of fused-ring (bicyclic) bond motifs is 1.